The lowest BCUT2D eigenvalue weighted by Gasteiger charge is -2.33. The Kier molecular flexibility index (Phi) is 12.5. The fourth-order valence-electron chi connectivity index (χ4n) is 8.24. The average molecular weight is 840 g/mol. The first-order valence-electron chi connectivity index (χ1n) is 20.4. The summed E-state index contributed by atoms with van der Waals surface area (Å²) in [6, 6.07) is 20.4. The Morgan fingerprint density at radius 1 is 0.983 bits per heavy atom. The first-order valence-corrected chi connectivity index (χ1v) is 21.2. The number of nitrogens with zero attached hydrogens (tertiary/aromatic N) is 4. The maximum absolute atomic E-state index is 15.4. The third-order valence-electron chi connectivity index (χ3n) is 11.3. The number of benzene rings is 3. The number of carbonyl (C=O) groups excluding carboxylic acids is 2. The Morgan fingerprint density at radius 2 is 1.73 bits per heavy atom. The Balaban J connectivity index is 1.11. The van der Waals surface area contributed by atoms with Crippen LogP contribution < -0.4 is 15.0 Å². The average Bonchev–Trinajstić information content (AvgIpc) is 3.62. The van der Waals surface area contributed by atoms with Crippen molar-refractivity contribution >= 4 is 50.3 Å². The molecule has 0 atom stereocenters. The summed E-state index contributed by atoms with van der Waals surface area (Å²) < 4.78 is 42.7. The number of fused-ring (bicyclic) bond motifs is 2. The van der Waals surface area contributed by atoms with Gasteiger partial charge in [0.05, 0.1) is 23.4 Å². The molecule has 2 aliphatic heterocycles. The molecule has 0 aliphatic carbocycles. The molecule has 2 aliphatic rings. The normalized spacial score (nSPS) is 15.2. The number of thiazole rings is 1. The van der Waals surface area contributed by atoms with Gasteiger partial charge in [-0.15, -0.1) is 0 Å². The minimum Gasteiger partial charge on any atom is -0.487 e. The molecule has 0 bridgehead atoms. The quantitative estimate of drug-likeness (QED) is 0.111. The second kappa shape index (κ2) is 17.6. The van der Waals surface area contributed by atoms with E-state index in [1.54, 1.807) is 38.1 Å². The number of anilines is 2. The largest absolute Gasteiger partial charge is 0.487 e. The van der Waals surface area contributed by atoms with Crippen LogP contribution in [0.3, 0.4) is 0 Å². The van der Waals surface area contributed by atoms with E-state index in [1.165, 1.54) is 11.3 Å². The van der Waals surface area contributed by atoms with Gasteiger partial charge in [-0.05, 0) is 116 Å². The summed E-state index contributed by atoms with van der Waals surface area (Å²) >= 11 is 1.40. The van der Waals surface area contributed by atoms with E-state index in [0.717, 1.165) is 26.9 Å². The molecule has 14 heteroatoms. The fraction of sp³-hybridized carbons (Fsp3) is 0.413. The highest BCUT2D eigenvalue weighted by molar-refractivity contribution is 7.22. The lowest BCUT2D eigenvalue weighted by molar-refractivity contribution is -0.145. The number of hydrogen-bond donors (Lipinski definition) is 2. The van der Waals surface area contributed by atoms with Crippen LogP contribution in [0.4, 0.5) is 19.7 Å². The second-order valence-electron chi connectivity index (χ2n) is 16.7. The number of halogens is 2. The van der Waals surface area contributed by atoms with Gasteiger partial charge in [-0.3, -0.25) is 19.8 Å². The topological polar surface area (TPSA) is 134 Å². The predicted molar refractivity (Wildman–Crippen MR) is 230 cm³/mol. The van der Waals surface area contributed by atoms with Gasteiger partial charge >= 0.3 is 11.9 Å². The summed E-state index contributed by atoms with van der Waals surface area (Å²) in [6.07, 6.45) is 1.38. The van der Waals surface area contributed by atoms with Gasteiger partial charge in [0.1, 0.15) is 11.6 Å². The summed E-state index contributed by atoms with van der Waals surface area (Å²) in [5, 5.41) is 14.2. The van der Waals surface area contributed by atoms with Crippen molar-refractivity contribution in [2.45, 2.75) is 78.2 Å². The van der Waals surface area contributed by atoms with Crippen LogP contribution in [-0.4, -0.2) is 83.1 Å². The number of pyridine rings is 1. The molecular formula is C46H51F2N5O6S. The second-order valence-corrected chi connectivity index (χ2v) is 17.7. The number of nitrogens with one attached hydrogen (secondary N) is 1. The fourth-order valence-corrected chi connectivity index (χ4v) is 9.10. The van der Waals surface area contributed by atoms with Crippen molar-refractivity contribution in [2.75, 3.05) is 49.6 Å². The van der Waals surface area contributed by atoms with Crippen molar-refractivity contribution in [3.05, 3.63) is 100 Å². The van der Waals surface area contributed by atoms with Crippen LogP contribution in [0.1, 0.15) is 90.1 Å². The van der Waals surface area contributed by atoms with E-state index in [2.05, 4.69) is 10.3 Å². The molecular weight excluding hydrogens is 789 g/mol. The third kappa shape index (κ3) is 9.60. The molecule has 2 aromatic heterocycles. The number of carboxylic acid groups (broad SMARTS) is 1. The van der Waals surface area contributed by atoms with Crippen LogP contribution in [0, 0.1) is 12.8 Å². The number of amides is 1. The van der Waals surface area contributed by atoms with E-state index >= 15 is 8.78 Å². The lowest BCUT2D eigenvalue weighted by Crippen LogP contribution is -2.40. The number of esters is 1. The van der Waals surface area contributed by atoms with E-state index in [9.17, 15) is 19.5 Å². The Morgan fingerprint density at radius 3 is 2.45 bits per heavy atom. The van der Waals surface area contributed by atoms with Crippen molar-refractivity contribution in [1.82, 2.24) is 14.9 Å². The van der Waals surface area contributed by atoms with Gasteiger partial charge in [0.25, 0.3) is 11.8 Å². The van der Waals surface area contributed by atoms with Crippen molar-refractivity contribution in [3.8, 4) is 16.9 Å². The van der Waals surface area contributed by atoms with Crippen LogP contribution in [0.2, 0.25) is 0 Å². The van der Waals surface area contributed by atoms with Crippen LogP contribution in [0.15, 0.2) is 66.7 Å². The zero-order valence-corrected chi connectivity index (χ0v) is 35.5. The number of aromatic carboxylic acids is 1. The molecule has 0 radical (unpaired) electrons. The van der Waals surface area contributed by atoms with Crippen LogP contribution >= 0.6 is 11.3 Å². The Bertz CT molecular complexity index is 2370. The lowest BCUT2D eigenvalue weighted by atomic mass is 9.80. The van der Waals surface area contributed by atoms with Gasteiger partial charge in [0.15, 0.2) is 17.4 Å². The van der Waals surface area contributed by atoms with Gasteiger partial charge in [0, 0.05) is 30.6 Å². The number of alkyl halides is 2. The maximum atomic E-state index is 15.4. The number of carbonyl (C=O) groups is 3. The van der Waals surface area contributed by atoms with Crippen LogP contribution in [-0.2, 0) is 27.9 Å². The molecule has 7 rings (SSSR count). The van der Waals surface area contributed by atoms with Gasteiger partial charge in [-0.2, -0.15) is 0 Å². The highest BCUT2D eigenvalue weighted by Crippen LogP contribution is 2.42. The molecule has 11 nitrogen and oxygen atoms in total. The van der Waals surface area contributed by atoms with Crippen molar-refractivity contribution in [3.63, 3.8) is 0 Å². The van der Waals surface area contributed by atoms with E-state index < -0.39 is 23.9 Å². The maximum Gasteiger partial charge on any atom is 0.355 e. The highest BCUT2D eigenvalue weighted by Gasteiger charge is 2.36. The molecule has 1 fully saturated rings. The first kappa shape index (κ1) is 42.6. The number of hydrogen-bond acceptors (Lipinski definition) is 10. The molecule has 5 aromatic rings. The van der Waals surface area contributed by atoms with Crippen LogP contribution in [0.25, 0.3) is 21.3 Å². The molecule has 4 heterocycles. The van der Waals surface area contributed by atoms with E-state index in [1.807, 2.05) is 73.0 Å². The molecule has 60 heavy (non-hydrogen) atoms. The number of rotatable bonds is 13. The number of piperidine rings is 1. The zero-order chi connectivity index (χ0) is 42.8. The number of likely N-dealkylation sites (tertiary alicyclic amines) is 1. The summed E-state index contributed by atoms with van der Waals surface area (Å²) in [5.41, 5.74) is 4.64. The zero-order valence-electron chi connectivity index (χ0n) is 34.6. The Labute approximate surface area is 352 Å². The minimum atomic E-state index is -3.11. The number of para-hydroxylation sites is 1. The minimum absolute atomic E-state index is 0.162. The molecule has 316 valence electrons. The molecule has 0 saturated carbocycles. The molecule has 0 unspecified atom stereocenters. The SMILES string of the molecule is CCOC(=O)CN1CCC(CC(F)(F)COc2cccc(-c3c(C(C)(C)C)cc(N4CCc5cccc(C(=O)Nc6nc7ccccc7s6)c5C4)nc3C(=O)O)c2C)CC1. The van der Waals surface area contributed by atoms with Crippen molar-refractivity contribution in [2.24, 2.45) is 5.92 Å². The van der Waals surface area contributed by atoms with Crippen molar-refractivity contribution in [1.29, 1.82) is 0 Å². The van der Waals surface area contributed by atoms with Crippen molar-refractivity contribution < 1.29 is 37.7 Å². The standard InChI is InChI=1S/C46H51F2N5O6S/c1-6-58-39(54)26-52-20-17-29(18-21-52)24-46(47,48)27-59-36-15-10-12-31(28(36)2)40-34(45(3,4)5)23-38(50-41(40)43(56)57)53-22-19-30-11-9-13-32(33(30)25-53)42(55)51-44-49-35-14-7-8-16-37(35)60-44/h7-16,23,29H,6,17-22,24-27H2,1-5H3,(H,56,57)(H,49,51,55). The summed E-state index contributed by atoms with van der Waals surface area (Å²) in [7, 11) is 0. The van der Waals surface area contributed by atoms with E-state index in [-0.39, 0.29) is 42.2 Å². The Hall–Kier alpha value is -5.47. The summed E-state index contributed by atoms with van der Waals surface area (Å²) in [5.74, 6) is -4.43. The molecule has 2 N–H and O–H groups in total. The van der Waals surface area contributed by atoms with Gasteiger partial charge < -0.3 is 19.5 Å². The smallest absolute Gasteiger partial charge is 0.355 e. The summed E-state index contributed by atoms with van der Waals surface area (Å²) in [6.45, 7) is 11.1. The molecule has 0 spiro atoms. The van der Waals surface area contributed by atoms with E-state index in [0.29, 0.717) is 85.3 Å². The third-order valence-corrected chi connectivity index (χ3v) is 12.3. The monoisotopic (exact) mass is 839 g/mol. The number of aromatic nitrogens is 2. The first-order chi connectivity index (χ1) is 28.6. The van der Waals surface area contributed by atoms with Crippen LogP contribution in [0.5, 0.6) is 5.75 Å². The molecule has 3 aromatic carbocycles. The molecule has 1 saturated heterocycles. The number of ether oxygens (including phenoxy) is 2. The summed E-state index contributed by atoms with van der Waals surface area (Å²) in [4.78, 5) is 52.0. The highest BCUT2D eigenvalue weighted by atomic mass is 32.1. The van der Waals surface area contributed by atoms with Gasteiger partial charge in [-0.25, -0.2) is 23.5 Å². The van der Waals surface area contributed by atoms with Gasteiger partial charge in [-0.1, -0.05) is 68.5 Å². The number of carboxylic acids is 1. The molecule has 1 amide bonds. The van der Waals surface area contributed by atoms with E-state index in [4.69, 9.17) is 14.5 Å². The predicted octanol–water partition coefficient (Wildman–Crippen LogP) is 9.16. The van der Waals surface area contributed by atoms with Gasteiger partial charge in [0.2, 0.25) is 0 Å².